The van der Waals surface area contributed by atoms with E-state index in [1.54, 1.807) is 37.3 Å². The lowest BCUT2D eigenvalue weighted by atomic mass is 10.0. The van der Waals surface area contributed by atoms with E-state index in [0.29, 0.717) is 39.5 Å². The van der Waals surface area contributed by atoms with Crippen molar-refractivity contribution in [2.75, 3.05) is 17.1 Å². The second-order valence-electron chi connectivity index (χ2n) is 6.80. The summed E-state index contributed by atoms with van der Waals surface area (Å²) in [6.45, 7) is 4.98. The van der Waals surface area contributed by atoms with Gasteiger partial charge in [0.15, 0.2) is 0 Å². The number of amides is 1. The number of aromatic nitrogens is 1. The van der Waals surface area contributed by atoms with Crippen molar-refractivity contribution in [1.82, 2.24) is 5.16 Å². The molecule has 0 fully saturated rings. The van der Waals surface area contributed by atoms with E-state index in [4.69, 9.17) is 20.9 Å². The van der Waals surface area contributed by atoms with Gasteiger partial charge in [0.1, 0.15) is 10.6 Å². The normalized spacial score (nSPS) is 11.3. The molecule has 10 heteroatoms. The summed E-state index contributed by atoms with van der Waals surface area (Å²) in [5.41, 5.74) is 2.68. The molecule has 2 aromatic carbocycles. The average Bonchev–Trinajstić information content (AvgIpc) is 3.11. The van der Waals surface area contributed by atoms with Crippen LogP contribution in [0.4, 0.5) is 11.6 Å². The fourth-order valence-electron chi connectivity index (χ4n) is 3.09. The van der Waals surface area contributed by atoms with Gasteiger partial charge in [-0.3, -0.25) is 14.8 Å². The van der Waals surface area contributed by atoms with E-state index in [1.165, 1.54) is 20.1 Å². The quantitative estimate of drug-likeness (QED) is 0.528. The SMILES string of the molecule is CCc1noc(NC(C)=O)c1-c1ccc(OC)c(S(=O)(=O)Nc2ccc(Cl)cc2C)c1. The zero-order valence-corrected chi connectivity index (χ0v) is 19.0. The molecule has 164 valence electrons. The molecule has 0 unspecified atom stereocenters. The Morgan fingerprint density at radius 1 is 1.23 bits per heavy atom. The number of benzene rings is 2. The standard InChI is InChI=1S/C21H22ClN3O5S/c1-5-16-20(21(30-24-16)23-13(3)26)14-6-9-18(29-4)19(11-14)31(27,28)25-17-8-7-15(22)10-12(17)2/h6-11,25H,5H2,1-4H3,(H,23,26). The third-order valence-electron chi connectivity index (χ3n) is 4.56. The molecule has 3 aromatic rings. The predicted molar refractivity (Wildman–Crippen MR) is 119 cm³/mol. The van der Waals surface area contributed by atoms with Crippen LogP contribution < -0.4 is 14.8 Å². The highest BCUT2D eigenvalue weighted by atomic mass is 35.5. The highest BCUT2D eigenvalue weighted by Crippen LogP contribution is 2.37. The van der Waals surface area contributed by atoms with Gasteiger partial charge in [-0.05, 0) is 54.8 Å². The molecule has 0 saturated carbocycles. The van der Waals surface area contributed by atoms with Gasteiger partial charge >= 0.3 is 0 Å². The monoisotopic (exact) mass is 463 g/mol. The zero-order valence-electron chi connectivity index (χ0n) is 17.4. The van der Waals surface area contributed by atoms with Gasteiger partial charge in [0.25, 0.3) is 10.0 Å². The van der Waals surface area contributed by atoms with Crippen molar-refractivity contribution in [2.45, 2.75) is 32.1 Å². The zero-order chi connectivity index (χ0) is 22.8. The average molecular weight is 464 g/mol. The maximum atomic E-state index is 13.2. The first-order chi connectivity index (χ1) is 14.7. The fraction of sp³-hybridized carbons (Fsp3) is 0.238. The molecule has 0 saturated heterocycles. The van der Waals surface area contributed by atoms with Gasteiger partial charge in [0.05, 0.1) is 24.1 Å². The summed E-state index contributed by atoms with van der Waals surface area (Å²) in [5, 5.41) is 7.08. The fourth-order valence-corrected chi connectivity index (χ4v) is 4.64. The number of halogens is 1. The first-order valence-corrected chi connectivity index (χ1v) is 11.3. The maximum absolute atomic E-state index is 13.2. The number of anilines is 2. The van der Waals surface area contributed by atoms with Crippen LogP contribution in [0.2, 0.25) is 5.02 Å². The van der Waals surface area contributed by atoms with Crippen molar-refractivity contribution < 1.29 is 22.5 Å². The Labute approximate surface area is 185 Å². The molecular weight excluding hydrogens is 442 g/mol. The van der Waals surface area contributed by atoms with E-state index in [0.717, 1.165) is 0 Å². The second kappa shape index (κ2) is 8.99. The Balaban J connectivity index is 2.12. The molecule has 0 bridgehead atoms. The van der Waals surface area contributed by atoms with Gasteiger partial charge < -0.3 is 9.26 Å². The first-order valence-electron chi connectivity index (χ1n) is 9.39. The third kappa shape index (κ3) is 4.83. The Morgan fingerprint density at radius 3 is 2.58 bits per heavy atom. The van der Waals surface area contributed by atoms with Crippen molar-refractivity contribution in [3.05, 3.63) is 52.7 Å². The van der Waals surface area contributed by atoms with E-state index in [1.807, 2.05) is 6.92 Å². The Hall–Kier alpha value is -3.04. The predicted octanol–water partition coefficient (Wildman–Crippen LogP) is 4.63. The molecule has 0 atom stereocenters. The molecule has 0 spiro atoms. The molecule has 31 heavy (non-hydrogen) atoms. The van der Waals surface area contributed by atoms with E-state index in [2.05, 4.69) is 15.2 Å². The van der Waals surface area contributed by atoms with Crippen LogP contribution in [0, 0.1) is 6.92 Å². The van der Waals surface area contributed by atoms with Gasteiger partial charge in [-0.15, -0.1) is 0 Å². The number of nitrogens with zero attached hydrogens (tertiary/aromatic N) is 1. The van der Waals surface area contributed by atoms with Gasteiger partial charge in [-0.1, -0.05) is 29.7 Å². The minimum Gasteiger partial charge on any atom is -0.495 e. The van der Waals surface area contributed by atoms with Crippen LogP contribution in [0.15, 0.2) is 45.8 Å². The maximum Gasteiger partial charge on any atom is 0.265 e. The number of sulfonamides is 1. The van der Waals surface area contributed by atoms with E-state index in [-0.39, 0.29) is 22.4 Å². The van der Waals surface area contributed by atoms with E-state index < -0.39 is 10.0 Å². The highest BCUT2D eigenvalue weighted by molar-refractivity contribution is 7.92. The molecule has 8 nitrogen and oxygen atoms in total. The number of carbonyl (C=O) groups excluding carboxylic acids is 1. The molecule has 0 aliphatic heterocycles. The number of rotatable bonds is 7. The second-order valence-corrected chi connectivity index (χ2v) is 8.89. The lowest BCUT2D eigenvalue weighted by molar-refractivity contribution is -0.114. The van der Waals surface area contributed by atoms with Crippen LogP contribution in [-0.4, -0.2) is 26.6 Å². The number of aryl methyl sites for hydroxylation is 2. The van der Waals surface area contributed by atoms with Crippen LogP contribution in [0.1, 0.15) is 25.1 Å². The summed E-state index contributed by atoms with van der Waals surface area (Å²) in [7, 11) is -2.63. The molecular formula is C21H22ClN3O5S. The van der Waals surface area contributed by atoms with Crippen LogP contribution in [0.5, 0.6) is 5.75 Å². The largest absolute Gasteiger partial charge is 0.495 e. The summed E-state index contributed by atoms with van der Waals surface area (Å²) in [5.74, 6) is -0.0147. The number of hydrogen-bond donors (Lipinski definition) is 2. The van der Waals surface area contributed by atoms with Gasteiger partial charge in [0, 0.05) is 11.9 Å². The summed E-state index contributed by atoms with van der Waals surface area (Å²) in [4.78, 5) is 11.5. The Kier molecular flexibility index (Phi) is 6.56. The third-order valence-corrected chi connectivity index (χ3v) is 6.18. The van der Waals surface area contributed by atoms with Gasteiger partial charge in [0.2, 0.25) is 11.8 Å². The summed E-state index contributed by atoms with van der Waals surface area (Å²) >= 11 is 5.97. The molecule has 3 rings (SSSR count). The van der Waals surface area contributed by atoms with Gasteiger partial charge in [-0.2, -0.15) is 0 Å². The van der Waals surface area contributed by atoms with Crippen molar-refractivity contribution in [2.24, 2.45) is 0 Å². The summed E-state index contributed by atoms with van der Waals surface area (Å²) < 4.78 is 39.6. The molecule has 2 N–H and O–H groups in total. The molecule has 0 aliphatic rings. The van der Waals surface area contributed by atoms with Crippen LogP contribution in [0.25, 0.3) is 11.1 Å². The van der Waals surface area contributed by atoms with Crippen LogP contribution >= 0.6 is 11.6 Å². The topological polar surface area (TPSA) is 111 Å². The number of carbonyl (C=O) groups is 1. The van der Waals surface area contributed by atoms with Crippen molar-refractivity contribution in [3.8, 4) is 16.9 Å². The first kappa shape index (κ1) is 22.6. The smallest absolute Gasteiger partial charge is 0.265 e. The highest BCUT2D eigenvalue weighted by Gasteiger charge is 2.24. The van der Waals surface area contributed by atoms with Crippen molar-refractivity contribution in [1.29, 1.82) is 0 Å². The minimum absolute atomic E-state index is 0.0705. The molecule has 1 aromatic heterocycles. The minimum atomic E-state index is -4.02. The van der Waals surface area contributed by atoms with Gasteiger partial charge in [-0.25, -0.2) is 8.42 Å². The summed E-state index contributed by atoms with van der Waals surface area (Å²) in [6, 6.07) is 9.55. The van der Waals surface area contributed by atoms with Crippen LogP contribution in [-0.2, 0) is 21.2 Å². The molecule has 1 heterocycles. The Morgan fingerprint density at radius 2 is 1.97 bits per heavy atom. The number of hydrogen-bond acceptors (Lipinski definition) is 6. The number of ether oxygens (including phenoxy) is 1. The number of nitrogens with one attached hydrogen (secondary N) is 2. The Bertz CT molecular complexity index is 1240. The summed E-state index contributed by atoms with van der Waals surface area (Å²) in [6.07, 6.45) is 0.523. The van der Waals surface area contributed by atoms with E-state index >= 15 is 0 Å². The number of methoxy groups -OCH3 is 1. The molecule has 0 radical (unpaired) electrons. The molecule has 1 amide bonds. The lowest BCUT2D eigenvalue weighted by Crippen LogP contribution is -2.15. The van der Waals surface area contributed by atoms with Crippen molar-refractivity contribution >= 4 is 39.1 Å². The van der Waals surface area contributed by atoms with Crippen molar-refractivity contribution in [3.63, 3.8) is 0 Å². The van der Waals surface area contributed by atoms with Crippen LogP contribution in [0.3, 0.4) is 0 Å². The molecule has 0 aliphatic carbocycles. The lowest BCUT2D eigenvalue weighted by Gasteiger charge is -2.15. The van der Waals surface area contributed by atoms with E-state index in [9.17, 15) is 13.2 Å².